The highest BCUT2D eigenvalue weighted by Crippen LogP contribution is 2.34. The molecule has 0 bridgehead atoms. The lowest BCUT2D eigenvalue weighted by molar-refractivity contribution is -0.142. The summed E-state index contributed by atoms with van der Waals surface area (Å²) in [6.45, 7) is 5.03. The molecule has 126 valence electrons. The summed E-state index contributed by atoms with van der Waals surface area (Å²) in [5.74, 6) is -1.25. The first kappa shape index (κ1) is 17.5. The van der Waals surface area contributed by atoms with E-state index in [1.165, 1.54) is 0 Å². The summed E-state index contributed by atoms with van der Waals surface area (Å²) >= 11 is 0. The molecule has 1 aliphatic rings. The molecule has 0 aromatic heterocycles. The molecule has 2 atom stereocenters. The average molecular weight is 317 g/mol. The van der Waals surface area contributed by atoms with Crippen molar-refractivity contribution in [2.24, 2.45) is 11.8 Å². The van der Waals surface area contributed by atoms with Gasteiger partial charge < -0.3 is 10.0 Å². The van der Waals surface area contributed by atoms with Gasteiger partial charge in [0.25, 0.3) is 0 Å². The maximum atomic E-state index is 12.8. The SMILES string of the molecule is CCCC(CCC)C(=O)N1CC(C(=O)O)C(c2ccccc2)C1. The minimum atomic E-state index is -0.809. The van der Waals surface area contributed by atoms with E-state index in [4.69, 9.17) is 0 Å². The van der Waals surface area contributed by atoms with Gasteiger partial charge in [0, 0.05) is 24.9 Å². The number of benzene rings is 1. The van der Waals surface area contributed by atoms with E-state index >= 15 is 0 Å². The maximum Gasteiger partial charge on any atom is 0.308 e. The van der Waals surface area contributed by atoms with Crippen molar-refractivity contribution in [2.75, 3.05) is 13.1 Å². The van der Waals surface area contributed by atoms with Gasteiger partial charge in [0.1, 0.15) is 0 Å². The van der Waals surface area contributed by atoms with Crippen LogP contribution in [0.2, 0.25) is 0 Å². The Bertz CT molecular complexity index is 523. The van der Waals surface area contributed by atoms with Gasteiger partial charge in [-0.25, -0.2) is 0 Å². The first-order chi connectivity index (χ1) is 11.1. The molecule has 2 rings (SSSR count). The van der Waals surface area contributed by atoms with Crippen LogP contribution in [0.4, 0.5) is 0 Å². The first-order valence-corrected chi connectivity index (χ1v) is 8.65. The fourth-order valence-electron chi connectivity index (χ4n) is 3.62. The molecule has 2 unspecified atom stereocenters. The summed E-state index contributed by atoms with van der Waals surface area (Å²) in [6.07, 6.45) is 3.73. The summed E-state index contributed by atoms with van der Waals surface area (Å²) in [7, 11) is 0. The van der Waals surface area contributed by atoms with Crippen LogP contribution in [0.1, 0.15) is 51.0 Å². The summed E-state index contributed by atoms with van der Waals surface area (Å²) in [5, 5.41) is 9.55. The molecular weight excluding hydrogens is 290 g/mol. The number of rotatable bonds is 7. The molecule has 1 aromatic rings. The van der Waals surface area contributed by atoms with Crippen molar-refractivity contribution in [2.45, 2.75) is 45.4 Å². The topological polar surface area (TPSA) is 57.6 Å². The summed E-state index contributed by atoms with van der Waals surface area (Å²) < 4.78 is 0. The van der Waals surface area contributed by atoms with Crippen molar-refractivity contribution in [1.29, 1.82) is 0 Å². The predicted molar refractivity (Wildman–Crippen MR) is 90.2 cm³/mol. The van der Waals surface area contributed by atoms with Crippen molar-refractivity contribution in [1.82, 2.24) is 4.90 Å². The molecule has 1 fully saturated rings. The molecule has 1 aliphatic heterocycles. The van der Waals surface area contributed by atoms with E-state index in [1.807, 2.05) is 30.3 Å². The number of amides is 1. The van der Waals surface area contributed by atoms with Crippen LogP contribution in [-0.4, -0.2) is 35.0 Å². The van der Waals surface area contributed by atoms with E-state index in [0.717, 1.165) is 31.2 Å². The number of carboxylic acids is 1. The van der Waals surface area contributed by atoms with Gasteiger partial charge in [-0.05, 0) is 18.4 Å². The van der Waals surface area contributed by atoms with Crippen molar-refractivity contribution >= 4 is 11.9 Å². The van der Waals surface area contributed by atoms with Gasteiger partial charge in [-0.3, -0.25) is 9.59 Å². The number of aliphatic carboxylic acids is 1. The largest absolute Gasteiger partial charge is 0.481 e. The van der Waals surface area contributed by atoms with E-state index in [0.29, 0.717) is 13.1 Å². The van der Waals surface area contributed by atoms with Crippen molar-refractivity contribution in [3.63, 3.8) is 0 Å². The molecule has 0 radical (unpaired) electrons. The Balaban J connectivity index is 2.16. The highest BCUT2D eigenvalue weighted by atomic mass is 16.4. The second-order valence-electron chi connectivity index (χ2n) is 6.48. The normalized spacial score (nSPS) is 20.9. The molecule has 0 aliphatic carbocycles. The number of carbonyl (C=O) groups is 2. The van der Waals surface area contributed by atoms with Gasteiger partial charge >= 0.3 is 5.97 Å². The zero-order valence-corrected chi connectivity index (χ0v) is 14.1. The molecule has 1 N–H and O–H groups in total. The third-order valence-corrected chi connectivity index (χ3v) is 4.80. The minimum Gasteiger partial charge on any atom is -0.481 e. The Kier molecular flexibility index (Phi) is 6.20. The number of hydrogen-bond donors (Lipinski definition) is 1. The van der Waals surface area contributed by atoms with Gasteiger partial charge in [-0.1, -0.05) is 57.0 Å². The monoisotopic (exact) mass is 317 g/mol. The van der Waals surface area contributed by atoms with E-state index in [2.05, 4.69) is 13.8 Å². The van der Waals surface area contributed by atoms with E-state index in [9.17, 15) is 14.7 Å². The fraction of sp³-hybridized carbons (Fsp3) is 0.579. The molecule has 4 heteroatoms. The highest BCUT2D eigenvalue weighted by Gasteiger charge is 2.41. The van der Waals surface area contributed by atoms with Crippen LogP contribution in [0.3, 0.4) is 0 Å². The number of hydrogen-bond acceptors (Lipinski definition) is 2. The van der Waals surface area contributed by atoms with Gasteiger partial charge in [0.2, 0.25) is 5.91 Å². The van der Waals surface area contributed by atoms with Crippen LogP contribution in [0, 0.1) is 11.8 Å². The van der Waals surface area contributed by atoms with Gasteiger partial charge in [0.15, 0.2) is 0 Å². The molecule has 4 nitrogen and oxygen atoms in total. The van der Waals surface area contributed by atoms with E-state index in [-0.39, 0.29) is 17.7 Å². The lowest BCUT2D eigenvalue weighted by Crippen LogP contribution is -2.35. The number of likely N-dealkylation sites (tertiary alicyclic amines) is 1. The second-order valence-corrected chi connectivity index (χ2v) is 6.48. The third-order valence-electron chi connectivity index (χ3n) is 4.80. The molecule has 1 heterocycles. The van der Waals surface area contributed by atoms with Crippen LogP contribution < -0.4 is 0 Å². The molecule has 1 amide bonds. The molecule has 1 aromatic carbocycles. The van der Waals surface area contributed by atoms with Crippen LogP contribution in [0.25, 0.3) is 0 Å². The summed E-state index contributed by atoms with van der Waals surface area (Å²) in [4.78, 5) is 26.2. The van der Waals surface area contributed by atoms with Crippen LogP contribution in [0.15, 0.2) is 30.3 Å². The maximum absolute atomic E-state index is 12.8. The quantitative estimate of drug-likeness (QED) is 0.837. The van der Waals surface area contributed by atoms with E-state index in [1.54, 1.807) is 4.90 Å². The highest BCUT2D eigenvalue weighted by molar-refractivity contribution is 5.81. The van der Waals surface area contributed by atoms with Crippen LogP contribution in [0.5, 0.6) is 0 Å². The van der Waals surface area contributed by atoms with E-state index < -0.39 is 11.9 Å². The zero-order valence-electron chi connectivity index (χ0n) is 14.1. The Morgan fingerprint density at radius 2 is 1.74 bits per heavy atom. The predicted octanol–water partition coefficient (Wildman–Crippen LogP) is 3.53. The number of carbonyl (C=O) groups excluding carboxylic acids is 1. The second kappa shape index (κ2) is 8.14. The molecule has 0 spiro atoms. The lowest BCUT2D eigenvalue weighted by Gasteiger charge is -2.23. The molecule has 0 saturated carbocycles. The average Bonchev–Trinajstić information content (AvgIpc) is 3.00. The summed E-state index contributed by atoms with van der Waals surface area (Å²) in [6, 6.07) is 9.70. The standard InChI is InChI=1S/C19H27NO3/c1-3-8-15(9-4-2)18(21)20-12-16(17(13-20)19(22)23)14-10-6-5-7-11-14/h5-7,10-11,15-17H,3-4,8-9,12-13H2,1-2H3,(H,22,23). The minimum absolute atomic E-state index is 0.0361. The Hall–Kier alpha value is -1.84. The molecular formula is C19H27NO3. The third kappa shape index (κ3) is 4.12. The smallest absolute Gasteiger partial charge is 0.308 e. The van der Waals surface area contributed by atoms with Crippen molar-refractivity contribution in [3.8, 4) is 0 Å². The Morgan fingerprint density at radius 1 is 1.13 bits per heavy atom. The van der Waals surface area contributed by atoms with Crippen molar-refractivity contribution < 1.29 is 14.7 Å². The lowest BCUT2D eigenvalue weighted by atomic mass is 9.89. The first-order valence-electron chi connectivity index (χ1n) is 8.65. The summed E-state index contributed by atoms with van der Waals surface area (Å²) in [5.41, 5.74) is 1.01. The van der Waals surface area contributed by atoms with Gasteiger partial charge in [-0.2, -0.15) is 0 Å². The zero-order chi connectivity index (χ0) is 16.8. The van der Waals surface area contributed by atoms with Crippen molar-refractivity contribution in [3.05, 3.63) is 35.9 Å². The number of nitrogens with zero attached hydrogens (tertiary/aromatic N) is 1. The van der Waals surface area contributed by atoms with Crippen LogP contribution >= 0.6 is 0 Å². The Labute approximate surface area is 138 Å². The van der Waals surface area contributed by atoms with Gasteiger partial charge in [0.05, 0.1) is 5.92 Å². The number of carboxylic acid groups (broad SMARTS) is 1. The fourth-order valence-corrected chi connectivity index (χ4v) is 3.62. The molecule has 1 saturated heterocycles. The van der Waals surface area contributed by atoms with Crippen LogP contribution in [-0.2, 0) is 9.59 Å². The Morgan fingerprint density at radius 3 is 2.26 bits per heavy atom. The van der Waals surface area contributed by atoms with Gasteiger partial charge in [-0.15, -0.1) is 0 Å². The molecule has 23 heavy (non-hydrogen) atoms.